The molecule has 0 N–H and O–H groups in total. The van der Waals surface area contributed by atoms with Gasteiger partial charge >= 0.3 is 0 Å². The summed E-state index contributed by atoms with van der Waals surface area (Å²) in [6.45, 7) is 0. The van der Waals surface area contributed by atoms with Gasteiger partial charge in [0.1, 0.15) is 0 Å². The SMILES string of the molecule is COc1sc2ccccc2c1Cc1cc2sc(Cc3c(C=O)sc4ccccc34)cc2s1. The maximum absolute atomic E-state index is 11.7. The summed E-state index contributed by atoms with van der Waals surface area (Å²) in [5.74, 6) is 0. The van der Waals surface area contributed by atoms with Crippen LogP contribution in [-0.4, -0.2) is 13.4 Å². The van der Waals surface area contributed by atoms with E-state index < -0.39 is 0 Å². The number of carbonyl (C=O) groups is 1. The summed E-state index contributed by atoms with van der Waals surface area (Å²) in [5.41, 5.74) is 2.44. The number of thiophene rings is 4. The molecule has 158 valence electrons. The number of fused-ring (bicyclic) bond motifs is 3. The Balaban J connectivity index is 1.32. The summed E-state index contributed by atoms with van der Waals surface area (Å²) >= 11 is 7.01. The van der Waals surface area contributed by atoms with Gasteiger partial charge in [0.2, 0.25) is 0 Å². The molecule has 0 saturated carbocycles. The lowest BCUT2D eigenvalue weighted by Crippen LogP contribution is -1.88. The maximum Gasteiger partial charge on any atom is 0.178 e. The van der Waals surface area contributed by atoms with E-state index in [0.717, 1.165) is 34.6 Å². The molecule has 0 aliphatic heterocycles. The Hall–Kier alpha value is -2.51. The summed E-state index contributed by atoms with van der Waals surface area (Å²) in [6.07, 6.45) is 2.70. The molecule has 32 heavy (non-hydrogen) atoms. The third-order valence-corrected chi connectivity index (χ3v) is 10.3. The van der Waals surface area contributed by atoms with E-state index in [4.69, 9.17) is 4.74 Å². The topological polar surface area (TPSA) is 26.3 Å². The molecule has 0 radical (unpaired) electrons. The molecule has 0 unspecified atom stereocenters. The first-order chi connectivity index (χ1) is 15.7. The van der Waals surface area contributed by atoms with Gasteiger partial charge in [-0.25, -0.2) is 0 Å². The van der Waals surface area contributed by atoms with Crippen LogP contribution in [0.15, 0.2) is 60.7 Å². The predicted molar refractivity (Wildman–Crippen MR) is 141 cm³/mol. The molecule has 0 saturated heterocycles. The molecule has 4 heterocycles. The molecule has 2 aromatic carbocycles. The molecular weight excluding hydrogens is 473 g/mol. The molecule has 6 rings (SSSR count). The zero-order valence-corrected chi connectivity index (χ0v) is 20.5. The van der Waals surface area contributed by atoms with Crippen LogP contribution in [0.4, 0.5) is 0 Å². The number of benzene rings is 2. The molecule has 0 fully saturated rings. The summed E-state index contributed by atoms with van der Waals surface area (Å²) in [5, 5.41) is 3.50. The van der Waals surface area contributed by atoms with Crippen molar-refractivity contribution in [1.29, 1.82) is 0 Å². The summed E-state index contributed by atoms with van der Waals surface area (Å²) < 4.78 is 10.8. The van der Waals surface area contributed by atoms with E-state index in [-0.39, 0.29) is 0 Å². The number of ether oxygens (including phenoxy) is 1. The Labute approximate surface area is 201 Å². The highest BCUT2D eigenvalue weighted by Crippen LogP contribution is 2.42. The van der Waals surface area contributed by atoms with Gasteiger partial charge in [0.05, 0.1) is 12.0 Å². The minimum Gasteiger partial charge on any atom is -0.487 e. The lowest BCUT2D eigenvalue weighted by molar-refractivity contribution is 0.112. The molecule has 0 amide bonds. The van der Waals surface area contributed by atoms with E-state index in [9.17, 15) is 4.79 Å². The van der Waals surface area contributed by atoms with Gasteiger partial charge in [-0.1, -0.05) is 47.7 Å². The number of hydrogen-bond acceptors (Lipinski definition) is 6. The summed E-state index contributed by atoms with van der Waals surface area (Å²) in [7, 11) is 1.76. The Morgan fingerprint density at radius 2 is 1.28 bits per heavy atom. The number of aldehydes is 1. The van der Waals surface area contributed by atoms with Crippen molar-refractivity contribution in [1.82, 2.24) is 0 Å². The minimum absolute atomic E-state index is 0.808. The third-order valence-electron chi connectivity index (χ3n) is 5.69. The van der Waals surface area contributed by atoms with Crippen LogP contribution in [0.3, 0.4) is 0 Å². The fourth-order valence-electron chi connectivity index (χ4n) is 4.26. The average Bonchev–Trinajstić information content (AvgIpc) is 3.55. The van der Waals surface area contributed by atoms with Crippen molar-refractivity contribution >= 4 is 81.2 Å². The first kappa shape index (κ1) is 20.1. The van der Waals surface area contributed by atoms with Crippen molar-refractivity contribution in [3.63, 3.8) is 0 Å². The second-order valence-corrected chi connectivity index (χ2v) is 12.1. The van der Waals surface area contributed by atoms with Crippen LogP contribution in [0.5, 0.6) is 5.06 Å². The van der Waals surface area contributed by atoms with Crippen LogP contribution in [0.2, 0.25) is 0 Å². The van der Waals surface area contributed by atoms with Crippen LogP contribution < -0.4 is 4.74 Å². The molecule has 0 aliphatic rings. The van der Waals surface area contributed by atoms with Gasteiger partial charge in [0, 0.05) is 47.0 Å². The number of rotatable bonds is 6. The van der Waals surface area contributed by atoms with Gasteiger partial charge in [-0.2, -0.15) is 0 Å². The normalized spacial score (nSPS) is 11.7. The van der Waals surface area contributed by atoms with Crippen molar-refractivity contribution < 1.29 is 9.53 Å². The molecule has 0 atom stereocenters. The van der Waals surface area contributed by atoms with E-state index in [1.807, 2.05) is 28.7 Å². The molecule has 6 aromatic rings. The molecule has 0 spiro atoms. The second kappa shape index (κ2) is 8.12. The second-order valence-electron chi connectivity index (χ2n) is 7.63. The van der Waals surface area contributed by atoms with Crippen LogP contribution >= 0.6 is 45.3 Å². The highest BCUT2D eigenvalue weighted by atomic mass is 32.1. The average molecular weight is 491 g/mol. The lowest BCUT2D eigenvalue weighted by Gasteiger charge is -2.02. The largest absolute Gasteiger partial charge is 0.487 e. The van der Waals surface area contributed by atoms with E-state index in [2.05, 4.69) is 54.6 Å². The third kappa shape index (κ3) is 3.39. The molecule has 2 nitrogen and oxygen atoms in total. The highest BCUT2D eigenvalue weighted by molar-refractivity contribution is 7.28. The monoisotopic (exact) mass is 490 g/mol. The zero-order chi connectivity index (χ0) is 21.7. The van der Waals surface area contributed by atoms with Crippen molar-refractivity contribution in [3.05, 3.63) is 86.4 Å². The van der Waals surface area contributed by atoms with Gasteiger partial charge in [-0.15, -0.1) is 34.0 Å². The first-order valence-corrected chi connectivity index (χ1v) is 13.5. The van der Waals surface area contributed by atoms with Gasteiger partial charge in [0.25, 0.3) is 0 Å². The zero-order valence-electron chi connectivity index (χ0n) is 17.2. The number of hydrogen-bond donors (Lipinski definition) is 0. The molecule has 6 heteroatoms. The van der Waals surface area contributed by atoms with Crippen LogP contribution in [0.1, 0.15) is 30.6 Å². The fourth-order valence-corrected chi connectivity index (χ4v) is 8.81. The molecule has 4 aromatic heterocycles. The fraction of sp³-hybridized carbons (Fsp3) is 0.115. The standard InChI is InChI=1S/C26H18O2S4/c1-28-26-20(18-7-3-5-9-22(18)32-26)11-16-13-24-23(30-16)12-15(29-24)10-19-17-6-2-4-8-21(17)31-25(19)14-27/h2-9,12-14H,10-11H2,1H3. The van der Waals surface area contributed by atoms with Gasteiger partial charge in [0.15, 0.2) is 11.3 Å². The van der Waals surface area contributed by atoms with Crippen molar-refractivity contribution in [3.8, 4) is 5.06 Å². The molecule has 0 aliphatic carbocycles. The van der Waals surface area contributed by atoms with Crippen molar-refractivity contribution in [2.45, 2.75) is 12.8 Å². The Kier molecular flexibility index (Phi) is 5.11. The molecule has 0 bridgehead atoms. The summed E-state index contributed by atoms with van der Waals surface area (Å²) in [4.78, 5) is 15.2. The predicted octanol–water partition coefficient (Wildman–Crippen LogP) is 8.39. The Morgan fingerprint density at radius 1 is 0.719 bits per heavy atom. The smallest absolute Gasteiger partial charge is 0.178 e. The van der Waals surface area contributed by atoms with E-state index >= 15 is 0 Å². The van der Waals surface area contributed by atoms with E-state index in [1.54, 1.807) is 29.8 Å². The number of methoxy groups -OCH3 is 1. The Bertz CT molecular complexity index is 1560. The quantitative estimate of drug-likeness (QED) is 0.219. The lowest BCUT2D eigenvalue weighted by atomic mass is 10.1. The van der Waals surface area contributed by atoms with Crippen LogP contribution in [0.25, 0.3) is 29.6 Å². The van der Waals surface area contributed by atoms with Gasteiger partial charge in [-0.3, -0.25) is 4.79 Å². The van der Waals surface area contributed by atoms with Gasteiger partial charge in [-0.05, 0) is 40.6 Å². The van der Waals surface area contributed by atoms with Crippen LogP contribution in [-0.2, 0) is 12.8 Å². The highest BCUT2D eigenvalue weighted by Gasteiger charge is 2.17. The van der Waals surface area contributed by atoms with Crippen LogP contribution in [0, 0.1) is 0 Å². The van der Waals surface area contributed by atoms with Gasteiger partial charge < -0.3 is 4.74 Å². The first-order valence-electron chi connectivity index (χ1n) is 10.2. The van der Waals surface area contributed by atoms with E-state index in [0.29, 0.717) is 0 Å². The van der Waals surface area contributed by atoms with Crippen molar-refractivity contribution in [2.24, 2.45) is 0 Å². The minimum atomic E-state index is 0.808. The Morgan fingerprint density at radius 3 is 1.91 bits per heavy atom. The number of carbonyl (C=O) groups excluding carboxylic acids is 1. The van der Waals surface area contributed by atoms with Crippen molar-refractivity contribution in [2.75, 3.05) is 7.11 Å². The summed E-state index contributed by atoms with van der Waals surface area (Å²) in [6, 6.07) is 21.5. The molecular formula is C26H18O2S4. The van der Waals surface area contributed by atoms with E-state index in [1.165, 1.54) is 44.9 Å². The maximum atomic E-state index is 11.7.